The first-order valence-electron chi connectivity index (χ1n) is 9.44. The van der Waals surface area contributed by atoms with Crippen LogP contribution >= 0.6 is 0 Å². The van der Waals surface area contributed by atoms with Crippen LogP contribution in [0.4, 0.5) is 10.1 Å². The monoisotopic (exact) mass is 333 g/mol. The smallest absolute Gasteiger partial charge is 0.160 e. The van der Waals surface area contributed by atoms with Gasteiger partial charge in [-0.3, -0.25) is 0 Å². The molecule has 1 aromatic rings. The lowest BCUT2D eigenvalue weighted by atomic mass is 9.84. The SMILES string of the molecule is NC1CCC(CCN2CCC(c3c4ccc(F)c3NO4)CC2)CC1. The van der Waals surface area contributed by atoms with Crippen molar-refractivity contribution < 1.29 is 9.23 Å². The molecule has 0 radical (unpaired) electrons. The number of piperidine rings is 1. The summed E-state index contributed by atoms with van der Waals surface area (Å²) < 4.78 is 13.9. The van der Waals surface area contributed by atoms with Crippen molar-refractivity contribution in [2.75, 3.05) is 25.1 Å². The fourth-order valence-electron chi connectivity index (χ4n) is 4.57. The normalized spacial score (nSPS) is 27.8. The molecule has 132 valence electrons. The molecule has 0 spiro atoms. The summed E-state index contributed by atoms with van der Waals surface area (Å²) in [6, 6.07) is 3.67. The highest BCUT2D eigenvalue weighted by molar-refractivity contribution is 5.63. The van der Waals surface area contributed by atoms with Gasteiger partial charge >= 0.3 is 0 Å². The molecule has 2 bridgehead atoms. The van der Waals surface area contributed by atoms with Crippen molar-refractivity contribution in [1.29, 1.82) is 0 Å². The van der Waals surface area contributed by atoms with E-state index < -0.39 is 0 Å². The third-order valence-corrected chi connectivity index (χ3v) is 6.16. The first kappa shape index (κ1) is 16.2. The molecule has 3 aliphatic rings. The summed E-state index contributed by atoms with van der Waals surface area (Å²) in [6.07, 6.45) is 8.48. The van der Waals surface area contributed by atoms with Gasteiger partial charge in [0.1, 0.15) is 11.5 Å². The van der Waals surface area contributed by atoms with Crippen LogP contribution in [-0.2, 0) is 0 Å². The summed E-state index contributed by atoms with van der Waals surface area (Å²) in [5.41, 5.74) is 10.3. The molecule has 2 fully saturated rings. The van der Waals surface area contributed by atoms with E-state index in [1.807, 2.05) is 0 Å². The van der Waals surface area contributed by atoms with E-state index in [0.717, 1.165) is 43.2 Å². The molecule has 1 saturated heterocycles. The van der Waals surface area contributed by atoms with E-state index in [1.165, 1.54) is 44.7 Å². The molecular weight excluding hydrogens is 305 g/mol. The molecule has 1 aliphatic carbocycles. The summed E-state index contributed by atoms with van der Waals surface area (Å²) in [5.74, 6) is 1.88. The van der Waals surface area contributed by atoms with Crippen molar-refractivity contribution in [1.82, 2.24) is 4.90 Å². The van der Waals surface area contributed by atoms with E-state index in [2.05, 4.69) is 10.4 Å². The molecule has 2 heterocycles. The predicted molar refractivity (Wildman–Crippen MR) is 93.6 cm³/mol. The number of benzene rings is 1. The number of hydrogen-bond donors (Lipinski definition) is 2. The van der Waals surface area contributed by atoms with Gasteiger partial charge < -0.3 is 15.5 Å². The Labute approximate surface area is 143 Å². The molecule has 1 saturated carbocycles. The lowest BCUT2D eigenvalue weighted by Gasteiger charge is -2.34. The number of likely N-dealkylation sites (tertiary alicyclic amines) is 1. The van der Waals surface area contributed by atoms with E-state index >= 15 is 0 Å². The highest BCUT2D eigenvalue weighted by Gasteiger charge is 2.31. The van der Waals surface area contributed by atoms with Gasteiger partial charge in [0, 0.05) is 11.6 Å². The Morgan fingerprint density at radius 1 is 1.12 bits per heavy atom. The topological polar surface area (TPSA) is 50.5 Å². The number of hydrogen-bond acceptors (Lipinski definition) is 4. The summed E-state index contributed by atoms with van der Waals surface area (Å²) in [6.45, 7) is 3.41. The average molecular weight is 333 g/mol. The predicted octanol–water partition coefficient (Wildman–Crippen LogP) is 3.63. The second-order valence-electron chi connectivity index (χ2n) is 7.72. The van der Waals surface area contributed by atoms with Crippen molar-refractivity contribution in [3.05, 3.63) is 23.5 Å². The molecule has 2 aliphatic heterocycles. The van der Waals surface area contributed by atoms with Crippen molar-refractivity contribution in [3.63, 3.8) is 0 Å². The van der Waals surface area contributed by atoms with Crippen LogP contribution < -0.4 is 16.1 Å². The van der Waals surface area contributed by atoms with Crippen LogP contribution in [-0.4, -0.2) is 30.6 Å². The van der Waals surface area contributed by atoms with Gasteiger partial charge in [0.05, 0.1) is 0 Å². The maximum atomic E-state index is 13.9. The summed E-state index contributed by atoms with van der Waals surface area (Å²) in [7, 11) is 0. The van der Waals surface area contributed by atoms with Gasteiger partial charge in [-0.25, -0.2) is 9.87 Å². The Balaban J connectivity index is 1.28. The Hall–Kier alpha value is -1.33. The molecular formula is C19H28FN3O. The van der Waals surface area contributed by atoms with Crippen LogP contribution in [0.3, 0.4) is 0 Å². The third kappa shape index (κ3) is 3.24. The highest BCUT2D eigenvalue weighted by atomic mass is 19.1. The second-order valence-corrected chi connectivity index (χ2v) is 7.72. The molecule has 0 amide bonds. The van der Waals surface area contributed by atoms with E-state index in [1.54, 1.807) is 6.07 Å². The number of nitrogens with two attached hydrogens (primary N) is 1. The van der Waals surface area contributed by atoms with Gasteiger partial charge in [-0.2, -0.15) is 0 Å². The molecule has 1 aromatic carbocycles. The van der Waals surface area contributed by atoms with E-state index in [4.69, 9.17) is 10.6 Å². The summed E-state index contributed by atoms with van der Waals surface area (Å²) >= 11 is 0. The molecule has 0 aromatic heterocycles. The Kier molecular flexibility index (Phi) is 4.63. The number of halogens is 1. The summed E-state index contributed by atoms with van der Waals surface area (Å²) in [4.78, 5) is 7.98. The standard InChI is InChI=1S/C19H28FN3O/c20-16-5-6-17-18(19(16)22-24-17)14-8-11-23(12-9-14)10-7-13-1-3-15(21)4-2-13/h5-6,13-15,22H,1-4,7-12,21H2. The minimum Gasteiger partial charge on any atom is -0.382 e. The lowest BCUT2D eigenvalue weighted by Crippen LogP contribution is -2.35. The van der Waals surface area contributed by atoms with Crippen LogP contribution in [0, 0.1) is 11.7 Å². The largest absolute Gasteiger partial charge is 0.382 e. The van der Waals surface area contributed by atoms with Gasteiger partial charge in [-0.1, -0.05) is 0 Å². The number of rotatable bonds is 4. The maximum Gasteiger partial charge on any atom is 0.160 e. The van der Waals surface area contributed by atoms with E-state index in [0.29, 0.717) is 17.6 Å². The zero-order valence-electron chi connectivity index (χ0n) is 14.3. The molecule has 5 heteroatoms. The fourth-order valence-corrected chi connectivity index (χ4v) is 4.57. The number of anilines is 1. The van der Waals surface area contributed by atoms with E-state index in [9.17, 15) is 4.39 Å². The van der Waals surface area contributed by atoms with Crippen molar-refractivity contribution in [3.8, 4) is 5.75 Å². The quantitative estimate of drug-likeness (QED) is 0.883. The van der Waals surface area contributed by atoms with E-state index in [-0.39, 0.29) is 5.82 Å². The van der Waals surface area contributed by atoms with Crippen LogP contribution in [0.2, 0.25) is 0 Å². The third-order valence-electron chi connectivity index (χ3n) is 6.16. The Morgan fingerprint density at radius 2 is 1.88 bits per heavy atom. The minimum absolute atomic E-state index is 0.204. The Bertz CT molecular complexity index is 578. The zero-order chi connectivity index (χ0) is 16.5. The van der Waals surface area contributed by atoms with Gasteiger partial charge in [-0.05, 0) is 88.5 Å². The molecule has 24 heavy (non-hydrogen) atoms. The van der Waals surface area contributed by atoms with Gasteiger partial charge in [0.15, 0.2) is 5.75 Å². The average Bonchev–Trinajstić information content (AvgIpc) is 2.94. The molecule has 0 atom stereocenters. The van der Waals surface area contributed by atoms with Crippen LogP contribution in [0.1, 0.15) is 56.4 Å². The molecule has 0 unspecified atom stereocenters. The fraction of sp³-hybridized carbons (Fsp3) is 0.684. The number of fused-ring (bicyclic) bond motifs is 2. The first-order chi connectivity index (χ1) is 11.7. The number of nitrogens with zero attached hydrogens (tertiary/aromatic N) is 1. The van der Waals surface area contributed by atoms with Crippen molar-refractivity contribution >= 4 is 5.69 Å². The zero-order valence-corrected chi connectivity index (χ0v) is 14.3. The van der Waals surface area contributed by atoms with Gasteiger partial charge in [0.2, 0.25) is 0 Å². The molecule has 4 rings (SSSR count). The van der Waals surface area contributed by atoms with Crippen molar-refractivity contribution in [2.24, 2.45) is 11.7 Å². The minimum atomic E-state index is -0.204. The molecule has 3 N–H and O–H groups in total. The first-order valence-corrected chi connectivity index (χ1v) is 9.44. The maximum absolute atomic E-state index is 13.9. The van der Waals surface area contributed by atoms with Crippen molar-refractivity contribution in [2.45, 2.75) is 56.9 Å². The number of nitrogens with one attached hydrogen (secondary N) is 1. The summed E-state index contributed by atoms with van der Waals surface area (Å²) in [5, 5.41) is 0. The Morgan fingerprint density at radius 3 is 2.62 bits per heavy atom. The van der Waals surface area contributed by atoms with Crippen LogP contribution in [0.5, 0.6) is 5.75 Å². The molecule has 4 nitrogen and oxygen atoms in total. The van der Waals surface area contributed by atoms with Gasteiger partial charge in [0.25, 0.3) is 0 Å². The van der Waals surface area contributed by atoms with Crippen LogP contribution in [0.25, 0.3) is 0 Å². The second kappa shape index (κ2) is 6.89. The van der Waals surface area contributed by atoms with Gasteiger partial charge in [-0.15, -0.1) is 0 Å². The highest BCUT2D eigenvalue weighted by Crippen LogP contribution is 2.44. The van der Waals surface area contributed by atoms with Crippen LogP contribution in [0.15, 0.2) is 12.1 Å². The lowest BCUT2D eigenvalue weighted by molar-refractivity contribution is 0.186.